The largest absolute Gasteiger partial charge is 0.508 e. The van der Waals surface area contributed by atoms with Gasteiger partial charge in [-0.15, -0.1) is 0 Å². The Morgan fingerprint density at radius 3 is 2.26 bits per heavy atom. The van der Waals surface area contributed by atoms with Crippen LogP contribution in [0.3, 0.4) is 0 Å². The summed E-state index contributed by atoms with van der Waals surface area (Å²) in [4.78, 5) is 0. The molecule has 0 radical (unpaired) electrons. The van der Waals surface area contributed by atoms with Crippen molar-refractivity contribution in [3.05, 3.63) is 64.7 Å². The Balaban J connectivity index is 1.41. The van der Waals surface area contributed by atoms with E-state index in [4.69, 9.17) is 9.88 Å². The van der Waals surface area contributed by atoms with E-state index in [-0.39, 0.29) is 18.1 Å². The van der Waals surface area contributed by atoms with Gasteiger partial charge in [-0.3, -0.25) is 0 Å². The maximum atomic E-state index is 11.1. The number of sulfonamides is 1. The van der Waals surface area contributed by atoms with Gasteiger partial charge in [0.05, 0.1) is 18.5 Å². The lowest BCUT2D eigenvalue weighted by atomic mass is 10.1. The fraction of sp³-hybridized carbons (Fsp3) is 0.538. The second-order valence-electron chi connectivity index (χ2n) is 8.87. The number of primary sulfonamides is 1. The van der Waals surface area contributed by atoms with Crippen LogP contribution in [-0.4, -0.2) is 50.0 Å². The van der Waals surface area contributed by atoms with E-state index in [1.165, 1.54) is 11.6 Å². The first kappa shape index (κ1) is 29.2. The van der Waals surface area contributed by atoms with E-state index in [2.05, 4.69) is 5.32 Å². The molecule has 9 heteroatoms. The van der Waals surface area contributed by atoms with Crippen molar-refractivity contribution in [2.24, 2.45) is 5.14 Å². The summed E-state index contributed by atoms with van der Waals surface area (Å²) in [6, 6.07) is 12.3. The molecule has 2 aromatic rings. The monoisotopic (exact) mass is 508 g/mol. The van der Waals surface area contributed by atoms with Gasteiger partial charge in [-0.1, -0.05) is 43.2 Å². The molecule has 1 unspecified atom stereocenters. The fourth-order valence-electron chi connectivity index (χ4n) is 3.77. The fourth-order valence-corrected chi connectivity index (χ4v) is 4.43. The number of benzene rings is 2. The van der Waals surface area contributed by atoms with Crippen molar-refractivity contribution in [3.8, 4) is 5.75 Å². The normalized spacial score (nSPS) is 12.7. The Hall–Kier alpha value is -2.01. The Morgan fingerprint density at radius 1 is 0.914 bits per heavy atom. The van der Waals surface area contributed by atoms with Crippen LogP contribution in [0.4, 0.5) is 0 Å². The van der Waals surface area contributed by atoms with Gasteiger partial charge in [0.15, 0.2) is 0 Å². The standard InChI is InChI=1S/C26H40N2O6S/c27-35(32,33)20-22-10-8-21(9-11-22)7-3-6-16-34-15-5-2-1-4-14-28-18-26(31)23-12-13-25(30)24(17-23)19-29/h8-13,17,26,28-31H,1-7,14-16,18-20H2,(H2,27,32,33). The molecule has 8 nitrogen and oxygen atoms in total. The molecule has 2 aromatic carbocycles. The predicted octanol–water partition coefficient (Wildman–Crippen LogP) is 2.90. The van der Waals surface area contributed by atoms with E-state index in [9.17, 15) is 23.7 Å². The molecule has 0 aromatic heterocycles. The molecule has 0 aliphatic rings. The number of aliphatic hydroxyl groups excluding tert-OH is 2. The minimum atomic E-state index is -3.49. The van der Waals surface area contributed by atoms with Crippen molar-refractivity contribution in [1.29, 1.82) is 0 Å². The number of hydrogen-bond donors (Lipinski definition) is 5. The molecule has 1 atom stereocenters. The lowest BCUT2D eigenvalue weighted by molar-refractivity contribution is 0.126. The molecular weight excluding hydrogens is 468 g/mol. The molecule has 0 bridgehead atoms. The van der Waals surface area contributed by atoms with E-state index < -0.39 is 16.1 Å². The molecule has 0 saturated carbocycles. The lowest BCUT2D eigenvalue weighted by Gasteiger charge is -2.14. The highest BCUT2D eigenvalue weighted by Gasteiger charge is 2.10. The molecule has 0 amide bonds. The van der Waals surface area contributed by atoms with Gasteiger partial charge in [0.2, 0.25) is 10.0 Å². The van der Waals surface area contributed by atoms with Crippen molar-refractivity contribution >= 4 is 10.0 Å². The van der Waals surface area contributed by atoms with Gasteiger partial charge in [-0.2, -0.15) is 0 Å². The number of hydrogen-bond acceptors (Lipinski definition) is 7. The van der Waals surface area contributed by atoms with E-state index in [1.54, 1.807) is 12.1 Å². The molecule has 2 rings (SSSR count). The second-order valence-corrected chi connectivity index (χ2v) is 10.5. The summed E-state index contributed by atoms with van der Waals surface area (Å²) in [5.74, 6) is -0.0955. The summed E-state index contributed by atoms with van der Waals surface area (Å²) in [5, 5.41) is 37.4. The maximum absolute atomic E-state index is 11.1. The maximum Gasteiger partial charge on any atom is 0.213 e. The van der Waals surface area contributed by atoms with Crippen LogP contribution in [0.1, 0.15) is 66.9 Å². The van der Waals surface area contributed by atoms with Crippen molar-refractivity contribution in [1.82, 2.24) is 5.32 Å². The molecule has 0 heterocycles. The van der Waals surface area contributed by atoms with Gasteiger partial charge >= 0.3 is 0 Å². The summed E-state index contributed by atoms with van der Waals surface area (Å²) < 4.78 is 27.9. The third-order valence-electron chi connectivity index (χ3n) is 5.78. The molecule has 0 saturated heterocycles. The van der Waals surface area contributed by atoms with Gasteiger partial charge in [0, 0.05) is 25.3 Å². The predicted molar refractivity (Wildman–Crippen MR) is 137 cm³/mol. The molecule has 6 N–H and O–H groups in total. The van der Waals surface area contributed by atoms with Gasteiger partial charge in [0.25, 0.3) is 0 Å². The number of aliphatic hydroxyl groups is 2. The van der Waals surface area contributed by atoms with Crippen molar-refractivity contribution in [2.75, 3.05) is 26.3 Å². The Kier molecular flexibility index (Phi) is 13.3. The topological polar surface area (TPSA) is 142 Å². The van der Waals surface area contributed by atoms with Gasteiger partial charge in [-0.05, 0) is 67.5 Å². The first-order chi connectivity index (χ1) is 16.8. The first-order valence-electron chi connectivity index (χ1n) is 12.3. The molecule has 0 spiro atoms. The van der Waals surface area contributed by atoms with Gasteiger partial charge < -0.3 is 25.4 Å². The number of unbranched alkanes of at least 4 members (excludes halogenated alkanes) is 4. The highest BCUT2D eigenvalue weighted by atomic mass is 32.2. The summed E-state index contributed by atoms with van der Waals surface area (Å²) in [6.07, 6.45) is 6.55. The molecule has 0 aliphatic carbocycles. The zero-order valence-corrected chi connectivity index (χ0v) is 21.2. The second kappa shape index (κ2) is 15.9. The number of nitrogens with one attached hydrogen (secondary N) is 1. The number of aromatic hydroxyl groups is 1. The van der Waals surface area contributed by atoms with E-state index >= 15 is 0 Å². The third-order valence-corrected chi connectivity index (χ3v) is 6.52. The van der Waals surface area contributed by atoms with Crippen LogP contribution in [0.2, 0.25) is 0 Å². The van der Waals surface area contributed by atoms with Crippen molar-refractivity contribution in [2.45, 2.75) is 63.4 Å². The number of nitrogens with two attached hydrogens (primary N) is 1. The third kappa shape index (κ3) is 12.5. The quantitative estimate of drug-likeness (QED) is 0.195. The van der Waals surface area contributed by atoms with Crippen LogP contribution in [0.25, 0.3) is 0 Å². The number of rotatable bonds is 18. The van der Waals surface area contributed by atoms with E-state index in [1.807, 2.05) is 24.3 Å². The Bertz CT molecular complexity index is 966. The average molecular weight is 509 g/mol. The summed E-state index contributed by atoms with van der Waals surface area (Å²) in [7, 11) is -3.49. The van der Waals surface area contributed by atoms with Crippen LogP contribution in [-0.2, 0) is 33.5 Å². The lowest BCUT2D eigenvalue weighted by Crippen LogP contribution is -2.22. The number of phenols is 1. The minimum Gasteiger partial charge on any atom is -0.508 e. The highest BCUT2D eigenvalue weighted by Crippen LogP contribution is 2.22. The van der Waals surface area contributed by atoms with Crippen LogP contribution < -0.4 is 10.5 Å². The number of aryl methyl sites for hydroxylation is 1. The molecule has 0 fully saturated rings. The van der Waals surface area contributed by atoms with Crippen LogP contribution in [0.5, 0.6) is 5.75 Å². The zero-order chi connectivity index (χ0) is 25.5. The summed E-state index contributed by atoms with van der Waals surface area (Å²) in [6.45, 7) is 2.51. The first-order valence-corrected chi connectivity index (χ1v) is 14.0. The summed E-state index contributed by atoms with van der Waals surface area (Å²) >= 11 is 0. The molecule has 0 aliphatic heterocycles. The van der Waals surface area contributed by atoms with Crippen molar-refractivity contribution < 1.29 is 28.5 Å². The van der Waals surface area contributed by atoms with Gasteiger partial charge in [0.1, 0.15) is 5.75 Å². The van der Waals surface area contributed by atoms with Crippen LogP contribution >= 0.6 is 0 Å². The summed E-state index contributed by atoms with van der Waals surface area (Å²) in [5.41, 5.74) is 2.98. The Morgan fingerprint density at radius 2 is 1.57 bits per heavy atom. The van der Waals surface area contributed by atoms with Crippen LogP contribution in [0, 0.1) is 0 Å². The smallest absolute Gasteiger partial charge is 0.213 e. The average Bonchev–Trinajstić information content (AvgIpc) is 2.82. The number of ether oxygens (including phenoxy) is 1. The highest BCUT2D eigenvalue weighted by molar-refractivity contribution is 7.88. The zero-order valence-electron chi connectivity index (χ0n) is 20.4. The van der Waals surface area contributed by atoms with E-state index in [0.29, 0.717) is 23.2 Å². The van der Waals surface area contributed by atoms with Crippen molar-refractivity contribution in [3.63, 3.8) is 0 Å². The molecule has 35 heavy (non-hydrogen) atoms. The van der Waals surface area contributed by atoms with Crippen LogP contribution in [0.15, 0.2) is 42.5 Å². The molecule has 196 valence electrons. The van der Waals surface area contributed by atoms with Gasteiger partial charge in [-0.25, -0.2) is 13.6 Å². The Labute approximate surface area is 209 Å². The van der Waals surface area contributed by atoms with E-state index in [0.717, 1.165) is 64.7 Å². The SMILES string of the molecule is NS(=O)(=O)Cc1ccc(CCCCOCCCCCCNCC(O)c2ccc(O)c(CO)c2)cc1. The molecular formula is C26H40N2O6S. The minimum absolute atomic E-state index is 0.0348.